The molecule has 1 rings (SSSR count). The molecule has 0 unspecified atom stereocenters. The molecule has 0 fully saturated rings. The van der Waals surface area contributed by atoms with E-state index < -0.39 is 0 Å². The zero-order chi connectivity index (χ0) is 13.4. The number of benzene rings is 1. The average Bonchev–Trinajstić information content (AvgIpc) is 2.40. The number of hydrogen-bond donors (Lipinski definition) is 1. The van der Waals surface area contributed by atoms with Gasteiger partial charge in [0, 0.05) is 24.1 Å². The molecule has 18 heavy (non-hydrogen) atoms. The van der Waals surface area contributed by atoms with Crippen molar-refractivity contribution in [1.82, 2.24) is 10.2 Å². The molecule has 0 aliphatic heterocycles. The van der Waals surface area contributed by atoms with Gasteiger partial charge in [-0.25, -0.2) is 0 Å². The molecule has 0 aliphatic rings. The summed E-state index contributed by atoms with van der Waals surface area (Å²) in [5, 5.41) is 3.36. The first-order chi connectivity index (χ1) is 8.71. The number of likely N-dealkylation sites (N-methyl/N-ethyl adjacent to an activating group) is 2. The zero-order valence-corrected chi connectivity index (χ0v) is 13.1. The third-order valence-corrected chi connectivity index (χ3v) is 3.72. The van der Waals surface area contributed by atoms with Crippen LogP contribution in [0.2, 0.25) is 0 Å². The first-order valence-corrected chi connectivity index (χ1v) is 7.26. The van der Waals surface area contributed by atoms with Crippen molar-refractivity contribution in [1.29, 1.82) is 0 Å². The fraction of sp³-hybridized carbons (Fsp3) is 0.571. The molecule has 1 aromatic carbocycles. The van der Waals surface area contributed by atoms with Crippen LogP contribution < -0.4 is 10.1 Å². The lowest BCUT2D eigenvalue weighted by Crippen LogP contribution is -2.31. The Morgan fingerprint density at radius 2 is 2.11 bits per heavy atom. The largest absolute Gasteiger partial charge is 0.497 e. The molecule has 0 bridgehead atoms. The average molecular weight is 315 g/mol. The molecule has 4 heteroatoms. The third kappa shape index (κ3) is 4.96. The van der Waals surface area contributed by atoms with E-state index in [1.807, 2.05) is 12.1 Å². The summed E-state index contributed by atoms with van der Waals surface area (Å²) in [6.07, 6.45) is 0. The lowest BCUT2D eigenvalue weighted by molar-refractivity contribution is 0.279. The smallest absolute Gasteiger partial charge is 0.119 e. The van der Waals surface area contributed by atoms with E-state index in [2.05, 4.69) is 46.1 Å². The minimum Gasteiger partial charge on any atom is -0.497 e. The maximum atomic E-state index is 5.27. The topological polar surface area (TPSA) is 24.5 Å². The Bertz CT molecular complexity index is 358. The monoisotopic (exact) mass is 314 g/mol. The van der Waals surface area contributed by atoms with Crippen LogP contribution in [0.5, 0.6) is 5.75 Å². The molecule has 1 aromatic rings. The molecule has 0 aromatic heterocycles. The van der Waals surface area contributed by atoms with E-state index in [-0.39, 0.29) is 0 Å². The van der Waals surface area contributed by atoms with Crippen molar-refractivity contribution >= 4 is 15.9 Å². The molecule has 0 amide bonds. The fourth-order valence-electron chi connectivity index (χ4n) is 1.80. The molecule has 0 saturated heterocycles. The molecule has 1 N–H and O–H groups in total. The van der Waals surface area contributed by atoms with Gasteiger partial charge in [-0.05, 0) is 36.9 Å². The van der Waals surface area contributed by atoms with Crippen molar-refractivity contribution in [3.63, 3.8) is 0 Å². The Hall–Kier alpha value is -0.580. The highest BCUT2D eigenvalue weighted by atomic mass is 79.9. The van der Waals surface area contributed by atoms with Gasteiger partial charge in [-0.15, -0.1) is 0 Å². The van der Waals surface area contributed by atoms with Crippen molar-refractivity contribution in [2.75, 3.05) is 33.3 Å². The van der Waals surface area contributed by atoms with Crippen LogP contribution in [0.3, 0.4) is 0 Å². The molecular weight excluding hydrogens is 292 g/mol. The van der Waals surface area contributed by atoms with Gasteiger partial charge in [0.2, 0.25) is 0 Å². The number of hydrogen-bond acceptors (Lipinski definition) is 3. The van der Waals surface area contributed by atoms with Crippen molar-refractivity contribution < 1.29 is 4.74 Å². The number of methoxy groups -OCH3 is 1. The third-order valence-electron chi connectivity index (χ3n) is 2.95. The number of halogens is 1. The SMILES string of the molecule is CCNCCN(CC)Cc1cc(OC)ccc1Br. The van der Waals surface area contributed by atoms with Crippen LogP contribution in [0.15, 0.2) is 22.7 Å². The molecule has 3 nitrogen and oxygen atoms in total. The predicted molar refractivity (Wildman–Crippen MR) is 80.2 cm³/mol. The van der Waals surface area contributed by atoms with E-state index in [1.165, 1.54) is 5.56 Å². The molecule has 0 aliphatic carbocycles. The van der Waals surface area contributed by atoms with Gasteiger partial charge in [0.15, 0.2) is 0 Å². The van der Waals surface area contributed by atoms with E-state index in [1.54, 1.807) is 7.11 Å². The summed E-state index contributed by atoms with van der Waals surface area (Å²) < 4.78 is 6.42. The Labute approximate surface area is 119 Å². The number of ether oxygens (including phenoxy) is 1. The van der Waals surface area contributed by atoms with Crippen molar-refractivity contribution in [3.05, 3.63) is 28.2 Å². The Balaban J connectivity index is 2.62. The minimum absolute atomic E-state index is 0.913. The summed E-state index contributed by atoms with van der Waals surface area (Å²) in [4.78, 5) is 2.42. The number of nitrogens with zero attached hydrogens (tertiary/aromatic N) is 1. The van der Waals surface area contributed by atoms with Crippen molar-refractivity contribution in [3.8, 4) is 5.75 Å². The molecular formula is C14H23BrN2O. The van der Waals surface area contributed by atoms with Crippen LogP contribution in [0.1, 0.15) is 19.4 Å². The first-order valence-electron chi connectivity index (χ1n) is 6.46. The van der Waals surface area contributed by atoms with Gasteiger partial charge >= 0.3 is 0 Å². The minimum atomic E-state index is 0.913. The first kappa shape index (κ1) is 15.5. The Morgan fingerprint density at radius 3 is 2.72 bits per heavy atom. The van der Waals surface area contributed by atoms with Crippen LogP contribution in [0, 0.1) is 0 Å². The molecule has 0 spiro atoms. The van der Waals surface area contributed by atoms with Gasteiger partial charge in [-0.1, -0.05) is 29.8 Å². The van der Waals surface area contributed by atoms with Gasteiger partial charge in [0.1, 0.15) is 5.75 Å². The normalized spacial score (nSPS) is 10.9. The predicted octanol–water partition coefficient (Wildman–Crippen LogP) is 2.89. The molecule has 0 heterocycles. The number of nitrogens with one attached hydrogen (secondary N) is 1. The highest BCUT2D eigenvalue weighted by Crippen LogP contribution is 2.23. The van der Waals surface area contributed by atoms with Crippen LogP contribution in [-0.2, 0) is 6.54 Å². The highest BCUT2D eigenvalue weighted by molar-refractivity contribution is 9.10. The van der Waals surface area contributed by atoms with Crippen LogP contribution in [0.4, 0.5) is 0 Å². The molecule has 102 valence electrons. The standard InChI is InChI=1S/C14H23BrN2O/c1-4-16-8-9-17(5-2)11-12-10-13(18-3)6-7-14(12)15/h6-7,10,16H,4-5,8-9,11H2,1-3H3. The van der Waals surface area contributed by atoms with Crippen molar-refractivity contribution in [2.45, 2.75) is 20.4 Å². The maximum Gasteiger partial charge on any atom is 0.119 e. The second kappa shape index (κ2) is 8.51. The van der Waals surface area contributed by atoms with E-state index in [0.717, 1.165) is 42.9 Å². The Morgan fingerprint density at radius 1 is 1.33 bits per heavy atom. The van der Waals surface area contributed by atoms with Gasteiger partial charge in [0.05, 0.1) is 7.11 Å². The Kier molecular flexibility index (Phi) is 7.32. The lowest BCUT2D eigenvalue weighted by atomic mass is 10.2. The van der Waals surface area contributed by atoms with Crippen LogP contribution in [0.25, 0.3) is 0 Å². The molecule has 0 saturated carbocycles. The van der Waals surface area contributed by atoms with Gasteiger partial charge < -0.3 is 10.1 Å². The maximum absolute atomic E-state index is 5.27. The lowest BCUT2D eigenvalue weighted by Gasteiger charge is -2.21. The van der Waals surface area contributed by atoms with Gasteiger partial charge in [-0.3, -0.25) is 4.90 Å². The van der Waals surface area contributed by atoms with E-state index >= 15 is 0 Å². The van der Waals surface area contributed by atoms with Gasteiger partial charge in [0.25, 0.3) is 0 Å². The quantitative estimate of drug-likeness (QED) is 0.747. The summed E-state index contributed by atoms with van der Waals surface area (Å²) in [6.45, 7) is 9.45. The number of rotatable bonds is 8. The summed E-state index contributed by atoms with van der Waals surface area (Å²) in [5.74, 6) is 0.913. The summed E-state index contributed by atoms with van der Waals surface area (Å²) in [6, 6.07) is 6.12. The summed E-state index contributed by atoms with van der Waals surface area (Å²) in [7, 11) is 1.70. The molecule has 0 radical (unpaired) electrons. The van der Waals surface area contributed by atoms with E-state index in [4.69, 9.17) is 4.74 Å². The highest BCUT2D eigenvalue weighted by Gasteiger charge is 2.07. The molecule has 0 atom stereocenters. The van der Waals surface area contributed by atoms with E-state index in [0.29, 0.717) is 0 Å². The zero-order valence-electron chi connectivity index (χ0n) is 11.5. The summed E-state index contributed by atoms with van der Waals surface area (Å²) in [5.41, 5.74) is 1.27. The van der Waals surface area contributed by atoms with Crippen LogP contribution >= 0.6 is 15.9 Å². The second-order valence-electron chi connectivity index (χ2n) is 4.18. The van der Waals surface area contributed by atoms with Gasteiger partial charge in [-0.2, -0.15) is 0 Å². The van der Waals surface area contributed by atoms with Crippen molar-refractivity contribution in [2.24, 2.45) is 0 Å². The fourth-order valence-corrected chi connectivity index (χ4v) is 2.18. The van der Waals surface area contributed by atoms with E-state index in [9.17, 15) is 0 Å². The summed E-state index contributed by atoms with van der Waals surface area (Å²) >= 11 is 3.60. The van der Waals surface area contributed by atoms with Crippen LogP contribution in [-0.4, -0.2) is 38.2 Å². The second-order valence-corrected chi connectivity index (χ2v) is 5.03.